The van der Waals surface area contributed by atoms with Crippen LogP contribution in [0.25, 0.3) is 0 Å². The molecule has 5 heteroatoms. The number of rotatable bonds is 1. The number of hydrogen-bond acceptors (Lipinski definition) is 3. The first kappa shape index (κ1) is 11.7. The number of aryl methyl sites for hydroxylation is 1. The van der Waals surface area contributed by atoms with E-state index in [4.69, 9.17) is 0 Å². The highest BCUT2D eigenvalue weighted by atomic mass is 79.9. The molecule has 0 bridgehead atoms. The van der Waals surface area contributed by atoms with Crippen LogP contribution in [-0.2, 0) is 0 Å². The summed E-state index contributed by atoms with van der Waals surface area (Å²) in [7, 11) is 0. The molecule has 0 aromatic carbocycles. The van der Waals surface area contributed by atoms with Gasteiger partial charge in [0.05, 0.1) is 8.66 Å². The second-order valence-corrected chi connectivity index (χ2v) is 7.21. The summed E-state index contributed by atoms with van der Waals surface area (Å²) < 4.78 is 1.07. The predicted octanol–water partition coefficient (Wildman–Crippen LogP) is 2.25. The van der Waals surface area contributed by atoms with Crippen molar-refractivity contribution in [1.82, 2.24) is 10.2 Å². The minimum absolute atomic E-state index is 0.208. The summed E-state index contributed by atoms with van der Waals surface area (Å²) in [5.74, 6) is 0.878. The molecule has 2 fully saturated rings. The quantitative estimate of drug-likeness (QED) is 0.862. The first-order valence-electron chi connectivity index (χ1n) is 5.94. The van der Waals surface area contributed by atoms with Gasteiger partial charge >= 0.3 is 0 Å². The van der Waals surface area contributed by atoms with E-state index in [1.807, 2.05) is 13.0 Å². The average molecular weight is 315 g/mol. The minimum atomic E-state index is 0.208. The van der Waals surface area contributed by atoms with E-state index in [-0.39, 0.29) is 5.91 Å². The summed E-state index contributed by atoms with van der Waals surface area (Å²) in [4.78, 5) is 15.4. The Morgan fingerprint density at radius 2 is 2.41 bits per heavy atom. The Hall–Kier alpha value is -0.390. The van der Waals surface area contributed by atoms with E-state index in [0.717, 1.165) is 40.3 Å². The fraction of sp³-hybridized carbons (Fsp3) is 0.583. The highest BCUT2D eigenvalue weighted by Gasteiger charge is 2.40. The van der Waals surface area contributed by atoms with Gasteiger partial charge in [0.25, 0.3) is 5.91 Å². The van der Waals surface area contributed by atoms with Crippen LogP contribution in [0.15, 0.2) is 9.85 Å². The molecule has 92 valence electrons. The molecule has 0 saturated carbocycles. The van der Waals surface area contributed by atoms with Crippen molar-refractivity contribution in [2.45, 2.75) is 19.4 Å². The Kier molecular flexibility index (Phi) is 3.00. The Morgan fingerprint density at radius 3 is 3.12 bits per heavy atom. The summed E-state index contributed by atoms with van der Waals surface area (Å²) in [6.45, 7) is 4.98. The number of fused-ring (bicyclic) bond motifs is 1. The maximum Gasteiger partial charge on any atom is 0.264 e. The van der Waals surface area contributed by atoms with Crippen LogP contribution < -0.4 is 5.32 Å². The standard InChI is InChI=1S/C12H15BrN2OS/c1-7-4-10(17-11(7)13)12(16)15-3-2-8-5-14-6-9(8)15/h4,8-9,14H,2-3,5-6H2,1H3/t8-,9+/m0/s1. The van der Waals surface area contributed by atoms with Gasteiger partial charge in [0.1, 0.15) is 0 Å². The van der Waals surface area contributed by atoms with Gasteiger partial charge in [-0.05, 0) is 46.8 Å². The number of carbonyl (C=O) groups is 1. The van der Waals surface area contributed by atoms with Crippen molar-refractivity contribution in [2.24, 2.45) is 5.92 Å². The van der Waals surface area contributed by atoms with E-state index < -0.39 is 0 Å². The Labute approximate surface area is 113 Å². The summed E-state index contributed by atoms with van der Waals surface area (Å²) >= 11 is 5.03. The van der Waals surface area contributed by atoms with E-state index in [0.29, 0.717) is 12.0 Å². The minimum Gasteiger partial charge on any atom is -0.333 e. The number of likely N-dealkylation sites (tertiary alicyclic amines) is 1. The molecule has 2 saturated heterocycles. The average Bonchev–Trinajstić information content (AvgIpc) is 2.94. The second kappa shape index (κ2) is 4.37. The maximum atomic E-state index is 12.4. The third-order valence-electron chi connectivity index (χ3n) is 3.77. The Balaban J connectivity index is 1.82. The van der Waals surface area contributed by atoms with E-state index >= 15 is 0 Å². The molecular formula is C12H15BrN2OS. The number of nitrogens with one attached hydrogen (secondary N) is 1. The topological polar surface area (TPSA) is 32.3 Å². The van der Waals surface area contributed by atoms with Gasteiger partial charge in [-0.15, -0.1) is 11.3 Å². The predicted molar refractivity (Wildman–Crippen MR) is 72.6 cm³/mol. The molecule has 3 heterocycles. The maximum absolute atomic E-state index is 12.4. The van der Waals surface area contributed by atoms with Crippen molar-refractivity contribution in [3.05, 3.63) is 20.3 Å². The van der Waals surface area contributed by atoms with Crippen LogP contribution in [-0.4, -0.2) is 36.5 Å². The normalized spacial score (nSPS) is 27.5. The fourth-order valence-corrected chi connectivity index (χ4v) is 4.30. The lowest BCUT2D eigenvalue weighted by Crippen LogP contribution is -2.38. The zero-order valence-corrected chi connectivity index (χ0v) is 12.1. The molecule has 17 heavy (non-hydrogen) atoms. The van der Waals surface area contributed by atoms with Crippen LogP contribution in [0.5, 0.6) is 0 Å². The molecule has 3 rings (SSSR count). The van der Waals surface area contributed by atoms with Gasteiger partial charge in [-0.1, -0.05) is 0 Å². The van der Waals surface area contributed by atoms with E-state index in [1.54, 1.807) is 11.3 Å². The van der Waals surface area contributed by atoms with Crippen LogP contribution in [0.4, 0.5) is 0 Å². The number of amides is 1. The number of thiophene rings is 1. The van der Waals surface area contributed by atoms with E-state index in [9.17, 15) is 4.79 Å². The van der Waals surface area contributed by atoms with Gasteiger partial charge in [-0.25, -0.2) is 0 Å². The Morgan fingerprint density at radius 1 is 1.59 bits per heavy atom. The molecule has 3 nitrogen and oxygen atoms in total. The van der Waals surface area contributed by atoms with Crippen LogP contribution in [0, 0.1) is 12.8 Å². The molecule has 1 amide bonds. The summed E-state index contributed by atoms with van der Waals surface area (Å²) in [5, 5.41) is 3.38. The Bertz CT molecular complexity index is 440. The van der Waals surface area contributed by atoms with Gasteiger partial charge in [0, 0.05) is 25.7 Å². The number of nitrogens with zero attached hydrogens (tertiary/aromatic N) is 1. The highest BCUT2D eigenvalue weighted by Crippen LogP contribution is 2.32. The SMILES string of the molecule is Cc1cc(C(=O)N2CC[C@H]3CNC[C@H]32)sc1Br. The lowest BCUT2D eigenvalue weighted by Gasteiger charge is -2.22. The van der Waals surface area contributed by atoms with Crippen molar-refractivity contribution < 1.29 is 4.79 Å². The summed E-state index contributed by atoms with van der Waals surface area (Å²) in [5.41, 5.74) is 1.15. The molecule has 1 aromatic heterocycles. The van der Waals surface area contributed by atoms with Gasteiger partial charge in [0.2, 0.25) is 0 Å². The lowest BCUT2D eigenvalue weighted by molar-refractivity contribution is 0.0742. The molecule has 1 N–H and O–H groups in total. The third-order valence-corrected chi connectivity index (χ3v) is 5.90. The zero-order chi connectivity index (χ0) is 12.0. The van der Waals surface area contributed by atoms with Crippen molar-refractivity contribution in [3.8, 4) is 0 Å². The molecule has 2 aliphatic heterocycles. The first-order chi connectivity index (χ1) is 8.16. The smallest absolute Gasteiger partial charge is 0.264 e. The van der Waals surface area contributed by atoms with Crippen LogP contribution >= 0.6 is 27.3 Å². The molecule has 0 unspecified atom stereocenters. The van der Waals surface area contributed by atoms with Crippen LogP contribution in [0.2, 0.25) is 0 Å². The molecule has 0 aliphatic carbocycles. The molecule has 0 radical (unpaired) electrons. The summed E-state index contributed by atoms with van der Waals surface area (Å²) in [6.07, 6.45) is 1.15. The van der Waals surface area contributed by atoms with Crippen LogP contribution in [0.1, 0.15) is 21.7 Å². The molecule has 2 atom stereocenters. The highest BCUT2D eigenvalue weighted by molar-refractivity contribution is 9.11. The van der Waals surface area contributed by atoms with Crippen molar-refractivity contribution in [2.75, 3.05) is 19.6 Å². The number of carbonyl (C=O) groups excluding carboxylic acids is 1. The van der Waals surface area contributed by atoms with Crippen molar-refractivity contribution in [3.63, 3.8) is 0 Å². The molecule has 0 spiro atoms. The zero-order valence-electron chi connectivity index (χ0n) is 9.70. The van der Waals surface area contributed by atoms with Gasteiger partial charge in [-0.3, -0.25) is 4.79 Å². The molecular weight excluding hydrogens is 300 g/mol. The summed E-state index contributed by atoms with van der Waals surface area (Å²) in [6, 6.07) is 2.41. The largest absolute Gasteiger partial charge is 0.333 e. The second-order valence-electron chi connectivity index (χ2n) is 4.84. The third kappa shape index (κ3) is 1.94. The van der Waals surface area contributed by atoms with Crippen molar-refractivity contribution >= 4 is 33.2 Å². The lowest BCUT2D eigenvalue weighted by atomic mass is 10.1. The van der Waals surface area contributed by atoms with E-state index in [1.165, 1.54) is 0 Å². The monoisotopic (exact) mass is 314 g/mol. The molecule has 2 aliphatic rings. The van der Waals surface area contributed by atoms with E-state index in [2.05, 4.69) is 26.1 Å². The molecule has 1 aromatic rings. The number of halogens is 1. The van der Waals surface area contributed by atoms with Gasteiger partial charge in [0.15, 0.2) is 0 Å². The fourth-order valence-electron chi connectivity index (χ4n) is 2.81. The first-order valence-corrected chi connectivity index (χ1v) is 7.55. The van der Waals surface area contributed by atoms with Crippen LogP contribution in [0.3, 0.4) is 0 Å². The van der Waals surface area contributed by atoms with Gasteiger partial charge in [-0.2, -0.15) is 0 Å². The van der Waals surface area contributed by atoms with Crippen molar-refractivity contribution in [1.29, 1.82) is 0 Å². The van der Waals surface area contributed by atoms with Gasteiger partial charge < -0.3 is 10.2 Å². The number of hydrogen-bond donors (Lipinski definition) is 1.